The second kappa shape index (κ2) is 14.2. The SMILES string of the molecule is CCOC(C)(O)Oc1cccc(-c2c3nc(c(Cl)c4ccc([nH]4)c(-c4cccc(OC(C)(O)OCC)c4)c4nc(c(Cl)c5ccc2[nH]5)C=C4)C=C3)c1. The number of ether oxygens (including phenoxy) is 4. The van der Waals surface area contributed by atoms with Crippen LogP contribution in [-0.2, 0) is 9.47 Å². The summed E-state index contributed by atoms with van der Waals surface area (Å²) in [5.74, 6) is -2.82. The van der Waals surface area contributed by atoms with Crippen molar-refractivity contribution in [1.29, 1.82) is 0 Å². The summed E-state index contributed by atoms with van der Waals surface area (Å²) in [7, 11) is 0. The Morgan fingerprint density at radius 2 is 0.962 bits per heavy atom. The molecule has 266 valence electrons. The van der Waals surface area contributed by atoms with Crippen molar-refractivity contribution in [3.8, 4) is 33.8 Å². The Labute approximate surface area is 309 Å². The molecule has 5 aromatic rings. The monoisotopic (exact) mass is 738 g/mol. The van der Waals surface area contributed by atoms with Gasteiger partial charge in [-0.15, -0.1) is 0 Å². The van der Waals surface area contributed by atoms with Crippen LogP contribution in [0.4, 0.5) is 0 Å². The minimum Gasteiger partial charge on any atom is -0.439 e. The fourth-order valence-corrected chi connectivity index (χ4v) is 6.64. The standard InChI is InChI=1S/C40H36Cl2N4O6/c1-5-49-39(3,47)51-25-11-7-9-23(21-25)35-27-13-17-31(43-27)37(41)33-19-15-29(45-33)36(24-10-8-12-26(22-24)52-40(4,48)50-6-2)30-16-20-34(46-30)38(42)32-18-14-28(35)44-32/h7-22,43,46-48H,5-6H2,1-4H3. The third-order valence-corrected chi connectivity index (χ3v) is 9.10. The first-order chi connectivity index (χ1) is 24.9. The van der Waals surface area contributed by atoms with E-state index >= 15 is 0 Å². The number of rotatable bonds is 10. The lowest BCUT2D eigenvalue weighted by molar-refractivity contribution is -0.305. The Kier molecular flexibility index (Phi) is 9.71. The lowest BCUT2D eigenvalue weighted by atomic mass is 10.0. The molecule has 5 heterocycles. The zero-order chi connectivity index (χ0) is 36.6. The number of hydrogen-bond donors (Lipinski definition) is 4. The van der Waals surface area contributed by atoms with Crippen LogP contribution >= 0.6 is 23.2 Å². The molecule has 2 aromatic carbocycles. The Bertz CT molecular complexity index is 2230. The van der Waals surface area contributed by atoms with Crippen LogP contribution in [0.1, 0.15) is 50.5 Å². The molecule has 8 bridgehead atoms. The number of benzene rings is 2. The van der Waals surface area contributed by atoms with Crippen LogP contribution in [0.5, 0.6) is 11.5 Å². The van der Waals surface area contributed by atoms with Gasteiger partial charge in [-0.25, -0.2) is 9.97 Å². The molecule has 0 radical (unpaired) electrons. The van der Waals surface area contributed by atoms with Gasteiger partial charge in [-0.05, 0) is 97.8 Å². The molecule has 0 saturated heterocycles. The number of aliphatic hydroxyl groups is 2. The fourth-order valence-electron chi connectivity index (χ4n) is 6.21. The predicted octanol–water partition coefficient (Wildman–Crippen LogP) is 9.46. The molecule has 4 N–H and O–H groups in total. The zero-order valence-electron chi connectivity index (χ0n) is 28.8. The van der Waals surface area contributed by atoms with E-state index in [9.17, 15) is 10.2 Å². The molecule has 10 nitrogen and oxygen atoms in total. The van der Waals surface area contributed by atoms with E-state index in [0.717, 1.165) is 33.3 Å². The van der Waals surface area contributed by atoms with E-state index in [1.807, 2.05) is 85.0 Å². The van der Waals surface area contributed by atoms with Crippen LogP contribution in [0.15, 0.2) is 72.8 Å². The number of aromatic amines is 2. The van der Waals surface area contributed by atoms with Crippen molar-refractivity contribution in [3.63, 3.8) is 0 Å². The molecular weight excluding hydrogens is 703 g/mol. The molecule has 52 heavy (non-hydrogen) atoms. The van der Waals surface area contributed by atoms with E-state index in [1.165, 1.54) is 13.8 Å². The first kappa shape index (κ1) is 35.5. The minimum absolute atomic E-state index is 0.271. The number of nitrogens with zero attached hydrogens (tertiary/aromatic N) is 2. The van der Waals surface area contributed by atoms with Crippen LogP contribution in [0.2, 0.25) is 10.0 Å². The molecule has 2 aliphatic rings. The zero-order valence-corrected chi connectivity index (χ0v) is 30.3. The molecular formula is C40H36Cl2N4O6. The van der Waals surface area contributed by atoms with Crippen LogP contribution < -0.4 is 9.47 Å². The lowest BCUT2D eigenvalue weighted by Crippen LogP contribution is -2.35. The van der Waals surface area contributed by atoms with Crippen LogP contribution in [0.3, 0.4) is 0 Å². The predicted molar refractivity (Wildman–Crippen MR) is 206 cm³/mol. The Balaban J connectivity index is 1.46. The maximum absolute atomic E-state index is 10.6. The highest BCUT2D eigenvalue weighted by Crippen LogP contribution is 2.37. The summed E-state index contributed by atoms with van der Waals surface area (Å²) in [6.45, 7) is 6.98. The van der Waals surface area contributed by atoms with Crippen molar-refractivity contribution in [1.82, 2.24) is 19.9 Å². The van der Waals surface area contributed by atoms with Gasteiger partial charge in [0.05, 0.1) is 57.1 Å². The first-order valence-electron chi connectivity index (χ1n) is 16.7. The van der Waals surface area contributed by atoms with Gasteiger partial charge in [0.25, 0.3) is 0 Å². The van der Waals surface area contributed by atoms with Gasteiger partial charge in [0.2, 0.25) is 0 Å². The molecule has 0 amide bonds. The maximum Gasteiger partial charge on any atom is 0.321 e. The highest BCUT2D eigenvalue weighted by Gasteiger charge is 2.25. The van der Waals surface area contributed by atoms with Gasteiger partial charge in [-0.1, -0.05) is 47.5 Å². The summed E-state index contributed by atoms with van der Waals surface area (Å²) in [5, 5.41) is 22.0. The van der Waals surface area contributed by atoms with Crippen molar-refractivity contribution >= 4 is 69.6 Å². The molecule has 7 rings (SSSR count). The van der Waals surface area contributed by atoms with Gasteiger partial charge in [0.1, 0.15) is 11.5 Å². The molecule has 3 aromatic heterocycles. The third-order valence-electron chi connectivity index (χ3n) is 8.31. The molecule has 2 unspecified atom stereocenters. The van der Waals surface area contributed by atoms with Gasteiger partial charge in [0.15, 0.2) is 0 Å². The quantitative estimate of drug-likeness (QED) is 0.102. The van der Waals surface area contributed by atoms with Crippen molar-refractivity contribution < 1.29 is 29.2 Å². The van der Waals surface area contributed by atoms with Gasteiger partial charge in [-0.3, -0.25) is 0 Å². The number of fused-ring (bicyclic) bond motifs is 8. The molecule has 12 heteroatoms. The van der Waals surface area contributed by atoms with E-state index in [0.29, 0.717) is 55.4 Å². The van der Waals surface area contributed by atoms with E-state index in [2.05, 4.69) is 9.97 Å². The smallest absolute Gasteiger partial charge is 0.321 e. The Morgan fingerprint density at radius 3 is 1.37 bits per heavy atom. The van der Waals surface area contributed by atoms with Gasteiger partial charge in [0, 0.05) is 36.0 Å². The summed E-state index contributed by atoms with van der Waals surface area (Å²) in [5.41, 5.74) is 8.19. The Morgan fingerprint density at radius 1 is 0.577 bits per heavy atom. The van der Waals surface area contributed by atoms with Gasteiger partial charge in [-0.2, -0.15) is 0 Å². The van der Waals surface area contributed by atoms with Crippen molar-refractivity contribution in [3.05, 3.63) is 106 Å². The average molecular weight is 740 g/mol. The number of H-pyrrole nitrogens is 2. The summed E-state index contributed by atoms with van der Waals surface area (Å²) >= 11 is 14.1. The topological polar surface area (TPSA) is 135 Å². The average Bonchev–Trinajstić information content (AvgIpc) is 3.93. The first-order valence-corrected chi connectivity index (χ1v) is 17.5. The van der Waals surface area contributed by atoms with Crippen molar-refractivity contribution in [2.75, 3.05) is 13.2 Å². The van der Waals surface area contributed by atoms with Crippen molar-refractivity contribution in [2.45, 2.75) is 39.6 Å². The second-order valence-corrected chi connectivity index (χ2v) is 13.1. The molecule has 0 saturated carbocycles. The summed E-state index contributed by atoms with van der Waals surface area (Å²) in [6.07, 6.45) is 7.52. The second-order valence-electron chi connectivity index (χ2n) is 12.3. The van der Waals surface area contributed by atoms with E-state index in [-0.39, 0.29) is 13.2 Å². The Hall–Kier alpha value is -4.94. The fraction of sp³-hybridized carbons (Fsp3) is 0.200. The van der Waals surface area contributed by atoms with Crippen LogP contribution in [-0.4, -0.2) is 55.3 Å². The van der Waals surface area contributed by atoms with E-state index in [4.69, 9.17) is 52.1 Å². The summed E-state index contributed by atoms with van der Waals surface area (Å²) in [4.78, 5) is 16.9. The van der Waals surface area contributed by atoms with Crippen molar-refractivity contribution in [2.24, 2.45) is 0 Å². The van der Waals surface area contributed by atoms with Crippen LogP contribution in [0, 0.1) is 0 Å². The highest BCUT2D eigenvalue weighted by atomic mass is 35.5. The van der Waals surface area contributed by atoms with Gasteiger partial charge < -0.3 is 39.1 Å². The minimum atomic E-state index is -1.81. The summed E-state index contributed by atoms with van der Waals surface area (Å²) < 4.78 is 22.3. The van der Waals surface area contributed by atoms with Gasteiger partial charge >= 0.3 is 11.9 Å². The lowest BCUT2D eigenvalue weighted by Gasteiger charge is -2.24. The normalized spacial score (nSPS) is 14.6. The molecule has 2 atom stereocenters. The summed E-state index contributed by atoms with van der Waals surface area (Å²) in [6, 6.07) is 22.3. The molecule has 0 fully saturated rings. The number of nitrogens with one attached hydrogen (secondary N) is 2. The number of aromatic nitrogens is 4. The van der Waals surface area contributed by atoms with E-state index < -0.39 is 11.9 Å². The molecule has 0 spiro atoms. The molecule has 0 aliphatic carbocycles. The maximum atomic E-state index is 10.6. The molecule has 2 aliphatic heterocycles. The number of halogens is 2. The van der Waals surface area contributed by atoms with E-state index in [1.54, 1.807) is 26.0 Å². The largest absolute Gasteiger partial charge is 0.439 e. The number of hydrogen-bond acceptors (Lipinski definition) is 8. The third kappa shape index (κ3) is 7.35. The highest BCUT2D eigenvalue weighted by molar-refractivity contribution is 6.36. The van der Waals surface area contributed by atoms with Crippen LogP contribution in [0.25, 0.3) is 68.6 Å².